The number of halogens is 7. The van der Waals surface area contributed by atoms with Crippen LogP contribution in [0.15, 0.2) is 88.9 Å². The third-order valence-corrected chi connectivity index (χ3v) is 6.05. The van der Waals surface area contributed by atoms with E-state index in [1.54, 1.807) is 48.8 Å². The zero-order valence-electron chi connectivity index (χ0n) is 19.1. The average molecular weight is 552 g/mol. The molecule has 2 aromatic heterocycles. The molecule has 1 unspecified atom stereocenters. The quantitative estimate of drug-likeness (QED) is 0.236. The van der Waals surface area contributed by atoms with Crippen LogP contribution in [0.2, 0.25) is 5.02 Å². The second kappa shape index (κ2) is 9.71. The summed E-state index contributed by atoms with van der Waals surface area (Å²) in [4.78, 5) is 11.0. The standard InChI is InChI=1S/C26H16ClF6N3O2/c27-20-4-1-3-15(11-20)21-6-7-34-13-17(21)14-36-23(22-5-2-8-37-22)35-38-24(36)16-9-18(25(28,29)30)12-19(10-16)26(31,32)33/h1-13,24H,14H2. The van der Waals surface area contributed by atoms with Crippen molar-refractivity contribution >= 4 is 17.4 Å². The summed E-state index contributed by atoms with van der Waals surface area (Å²) < 4.78 is 86.7. The molecule has 0 spiro atoms. The van der Waals surface area contributed by atoms with E-state index in [0.717, 1.165) is 5.56 Å². The van der Waals surface area contributed by atoms with Gasteiger partial charge in [0, 0.05) is 23.0 Å². The van der Waals surface area contributed by atoms with Crippen molar-refractivity contribution in [2.45, 2.75) is 25.1 Å². The highest BCUT2D eigenvalue weighted by Crippen LogP contribution is 2.41. The lowest BCUT2D eigenvalue weighted by Crippen LogP contribution is -2.31. The fourth-order valence-corrected chi connectivity index (χ4v) is 4.30. The van der Waals surface area contributed by atoms with Crippen LogP contribution in [0.1, 0.15) is 34.2 Å². The van der Waals surface area contributed by atoms with E-state index >= 15 is 0 Å². The van der Waals surface area contributed by atoms with Gasteiger partial charge in [0.2, 0.25) is 12.1 Å². The van der Waals surface area contributed by atoms with Gasteiger partial charge in [-0.3, -0.25) is 4.98 Å². The number of hydrogen-bond acceptors (Lipinski definition) is 5. The minimum absolute atomic E-state index is 0.0442. The Morgan fingerprint density at radius 1 is 0.895 bits per heavy atom. The maximum atomic E-state index is 13.6. The summed E-state index contributed by atoms with van der Waals surface area (Å²) in [6.07, 6.45) is -7.01. The summed E-state index contributed by atoms with van der Waals surface area (Å²) >= 11 is 6.15. The van der Waals surface area contributed by atoms with Gasteiger partial charge in [-0.1, -0.05) is 28.9 Å². The van der Waals surface area contributed by atoms with E-state index in [0.29, 0.717) is 28.3 Å². The van der Waals surface area contributed by atoms with E-state index < -0.39 is 29.7 Å². The minimum atomic E-state index is -5.02. The molecule has 2 aromatic carbocycles. The predicted molar refractivity (Wildman–Crippen MR) is 126 cm³/mol. The Labute approximate surface area is 216 Å². The molecular formula is C26H16ClF6N3O2. The fraction of sp³-hybridized carbons (Fsp3) is 0.154. The van der Waals surface area contributed by atoms with E-state index in [2.05, 4.69) is 10.1 Å². The number of furan rings is 1. The van der Waals surface area contributed by atoms with Crippen molar-refractivity contribution in [1.29, 1.82) is 0 Å². The van der Waals surface area contributed by atoms with Gasteiger partial charge in [0.15, 0.2) is 5.76 Å². The third-order valence-electron chi connectivity index (χ3n) is 5.81. The molecule has 1 atom stereocenters. The van der Waals surface area contributed by atoms with Crippen molar-refractivity contribution in [3.05, 3.63) is 112 Å². The summed E-state index contributed by atoms with van der Waals surface area (Å²) in [6, 6.07) is 13.1. The van der Waals surface area contributed by atoms with Crippen molar-refractivity contribution in [2.24, 2.45) is 5.16 Å². The molecular weight excluding hydrogens is 536 g/mol. The van der Waals surface area contributed by atoms with Crippen molar-refractivity contribution in [3.8, 4) is 11.1 Å². The van der Waals surface area contributed by atoms with Crippen LogP contribution >= 0.6 is 11.6 Å². The summed E-state index contributed by atoms with van der Waals surface area (Å²) in [5.41, 5.74) is -1.27. The van der Waals surface area contributed by atoms with Crippen LogP contribution in [0.3, 0.4) is 0 Å². The first-order valence-corrected chi connectivity index (χ1v) is 11.4. The van der Waals surface area contributed by atoms with Gasteiger partial charge in [-0.25, -0.2) is 0 Å². The van der Waals surface area contributed by atoms with Crippen LogP contribution in [-0.2, 0) is 23.7 Å². The monoisotopic (exact) mass is 551 g/mol. The lowest BCUT2D eigenvalue weighted by Gasteiger charge is -2.27. The number of rotatable bonds is 5. The number of nitrogens with zero attached hydrogens (tertiary/aromatic N) is 3. The number of pyridine rings is 1. The Balaban J connectivity index is 1.61. The number of oxime groups is 1. The van der Waals surface area contributed by atoms with Crippen LogP contribution in [0, 0.1) is 0 Å². The highest BCUT2D eigenvalue weighted by Gasteiger charge is 2.41. The molecule has 0 amide bonds. The largest absolute Gasteiger partial charge is 0.461 e. The van der Waals surface area contributed by atoms with Gasteiger partial charge < -0.3 is 14.2 Å². The molecule has 0 N–H and O–H groups in total. The lowest BCUT2D eigenvalue weighted by atomic mass is 10.00. The number of benzene rings is 2. The SMILES string of the molecule is FC(F)(F)c1cc(C2ON=C(c3ccco3)N2Cc2cnccc2-c2cccc(Cl)c2)cc(C(F)(F)F)c1. The van der Waals surface area contributed by atoms with Crippen molar-refractivity contribution in [1.82, 2.24) is 9.88 Å². The van der Waals surface area contributed by atoms with Crippen molar-refractivity contribution < 1.29 is 35.6 Å². The first kappa shape index (κ1) is 25.7. The van der Waals surface area contributed by atoms with E-state index in [1.165, 1.54) is 11.2 Å². The maximum absolute atomic E-state index is 13.6. The number of aromatic nitrogens is 1. The number of hydrogen-bond donors (Lipinski definition) is 0. The Bertz CT molecular complexity index is 1450. The lowest BCUT2D eigenvalue weighted by molar-refractivity contribution is -0.143. The molecule has 1 aliphatic rings. The normalized spacial score (nSPS) is 15.9. The predicted octanol–water partition coefficient (Wildman–Crippen LogP) is 7.93. The van der Waals surface area contributed by atoms with Gasteiger partial charge in [-0.2, -0.15) is 26.3 Å². The molecule has 0 saturated heterocycles. The van der Waals surface area contributed by atoms with Gasteiger partial charge in [0.25, 0.3) is 0 Å². The minimum Gasteiger partial charge on any atom is -0.461 e. The Morgan fingerprint density at radius 2 is 1.63 bits per heavy atom. The number of amidine groups is 1. The van der Waals surface area contributed by atoms with Crippen LogP contribution in [0.5, 0.6) is 0 Å². The van der Waals surface area contributed by atoms with Gasteiger partial charge in [0.1, 0.15) is 0 Å². The summed E-state index contributed by atoms with van der Waals surface area (Å²) in [5.74, 6) is 0.301. The summed E-state index contributed by atoms with van der Waals surface area (Å²) in [5, 5.41) is 4.44. The second-order valence-corrected chi connectivity index (χ2v) is 8.80. The van der Waals surface area contributed by atoms with Crippen molar-refractivity contribution in [3.63, 3.8) is 0 Å². The average Bonchev–Trinajstić information content (AvgIpc) is 3.53. The maximum Gasteiger partial charge on any atom is 0.416 e. The highest BCUT2D eigenvalue weighted by molar-refractivity contribution is 6.30. The molecule has 0 radical (unpaired) electrons. The zero-order valence-corrected chi connectivity index (χ0v) is 19.8. The molecule has 196 valence electrons. The summed E-state index contributed by atoms with van der Waals surface area (Å²) in [6.45, 7) is -0.0442. The summed E-state index contributed by atoms with van der Waals surface area (Å²) in [7, 11) is 0. The molecule has 5 nitrogen and oxygen atoms in total. The molecule has 0 fully saturated rings. The van der Waals surface area contributed by atoms with Crippen LogP contribution < -0.4 is 0 Å². The Kier molecular flexibility index (Phi) is 6.56. The highest BCUT2D eigenvalue weighted by atomic mass is 35.5. The van der Waals surface area contributed by atoms with E-state index in [1.807, 2.05) is 6.07 Å². The molecule has 12 heteroatoms. The Morgan fingerprint density at radius 3 is 2.26 bits per heavy atom. The van der Waals surface area contributed by atoms with Gasteiger partial charge in [0.05, 0.1) is 23.9 Å². The molecule has 0 saturated carbocycles. The molecule has 38 heavy (non-hydrogen) atoms. The molecule has 0 bridgehead atoms. The smallest absolute Gasteiger partial charge is 0.416 e. The first-order chi connectivity index (χ1) is 18.0. The second-order valence-electron chi connectivity index (χ2n) is 8.36. The Hall–Kier alpha value is -3.99. The topological polar surface area (TPSA) is 50.9 Å². The number of alkyl halides is 6. The molecule has 1 aliphatic heterocycles. The van der Waals surface area contributed by atoms with E-state index in [4.69, 9.17) is 20.9 Å². The molecule has 5 rings (SSSR count). The van der Waals surface area contributed by atoms with Crippen molar-refractivity contribution in [2.75, 3.05) is 0 Å². The van der Waals surface area contributed by atoms with Crippen LogP contribution in [-0.4, -0.2) is 15.7 Å². The van der Waals surface area contributed by atoms with Gasteiger partial charge in [-0.15, -0.1) is 0 Å². The van der Waals surface area contributed by atoms with Gasteiger partial charge >= 0.3 is 12.4 Å². The zero-order chi connectivity index (χ0) is 27.1. The van der Waals surface area contributed by atoms with E-state index in [9.17, 15) is 26.3 Å². The fourth-order valence-electron chi connectivity index (χ4n) is 4.11. The van der Waals surface area contributed by atoms with Gasteiger partial charge in [-0.05, 0) is 65.2 Å². The van der Waals surface area contributed by atoms with Crippen LogP contribution in [0.4, 0.5) is 26.3 Å². The van der Waals surface area contributed by atoms with E-state index in [-0.39, 0.29) is 29.8 Å². The molecule has 3 heterocycles. The van der Waals surface area contributed by atoms with Crippen LogP contribution in [0.25, 0.3) is 11.1 Å². The first-order valence-electron chi connectivity index (χ1n) is 11.0. The molecule has 0 aliphatic carbocycles. The molecule has 4 aromatic rings. The third kappa shape index (κ3) is 5.19.